The monoisotopic (exact) mass is 156 g/mol. The summed E-state index contributed by atoms with van der Waals surface area (Å²) in [5.74, 6) is 2.34. The summed E-state index contributed by atoms with van der Waals surface area (Å²) in [6.45, 7) is 1.76. The first kappa shape index (κ1) is 10.2. The fourth-order valence-electron chi connectivity index (χ4n) is 0.482. The van der Waals surface area contributed by atoms with Gasteiger partial charge in [0.25, 0.3) is 0 Å². The van der Waals surface area contributed by atoms with Crippen LogP contribution in [0.15, 0.2) is 0 Å². The van der Waals surface area contributed by atoms with Gasteiger partial charge in [-0.25, -0.2) is 0 Å². The molecule has 0 aliphatic rings. The zero-order valence-corrected chi connectivity index (χ0v) is 6.41. The van der Waals surface area contributed by atoms with Crippen molar-refractivity contribution < 1.29 is 14.3 Å². The second-order valence-corrected chi connectivity index (χ2v) is 1.82. The third-order valence-corrected chi connectivity index (χ3v) is 0.937. The second-order valence-electron chi connectivity index (χ2n) is 1.82. The molecule has 0 bridgehead atoms. The second kappa shape index (κ2) is 9.15. The van der Waals surface area contributed by atoms with Gasteiger partial charge in [0.2, 0.25) is 0 Å². The SMILES string of the molecule is C#CCOCCOCCC=O. The molecular formula is C8H12O3. The molecule has 0 aromatic carbocycles. The molecular weight excluding hydrogens is 144 g/mol. The Morgan fingerprint density at radius 2 is 2.00 bits per heavy atom. The molecule has 0 radical (unpaired) electrons. The fraction of sp³-hybridized carbons (Fsp3) is 0.625. The molecule has 0 N–H and O–H groups in total. The van der Waals surface area contributed by atoms with Crippen molar-refractivity contribution in [2.24, 2.45) is 0 Å². The maximum Gasteiger partial charge on any atom is 0.122 e. The molecule has 11 heavy (non-hydrogen) atoms. The van der Waals surface area contributed by atoms with Crippen molar-refractivity contribution in [2.75, 3.05) is 26.4 Å². The molecule has 0 spiro atoms. The quantitative estimate of drug-likeness (QED) is 0.301. The Morgan fingerprint density at radius 1 is 1.27 bits per heavy atom. The van der Waals surface area contributed by atoms with Crippen LogP contribution in [0.5, 0.6) is 0 Å². The number of terminal acetylenes is 1. The van der Waals surface area contributed by atoms with Crippen LogP contribution in [0, 0.1) is 12.3 Å². The van der Waals surface area contributed by atoms with E-state index in [9.17, 15) is 4.79 Å². The lowest BCUT2D eigenvalue weighted by Gasteiger charge is -2.00. The van der Waals surface area contributed by atoms with E-state index in [2.05, 4.69) is 5.92 Å². The van der Waals surface area contributed by atoms with Crippen molar-refractivity contribution in [1.29, 1.82) is 0 Å². The largest absolute Gasteiger partial charge is 0.379 e. The summed E-state index contributed by atoms with van der Waals surface area (Å²) in [7, 11) is 0. The van der Waals surface area contributed by atoms with Gasteiger partial charge >= 0.3 is 0 Å². The highest BCUT2D eigenvalue weighted by Gasteiger charge is 1.86. The van der Waals surface area contributed by atoms with Crippen LogP contribution in [-0.2, 0) is 14.3 Å². The summed E-state index contributed by atoms with van der Waals surface area (Å²) in [5.41, 5.74) is 0. The van der Waals surface area contributed by atoms with E-state index in [-0.39, 0.29) is 0 Å². The molecule has 0 aliphatic carbocycles. The number of aldehydes is 1. The van der Waals surface area contributed by atoms with Gasteiger partial charge in [-0.05, 0) is 0 Å². The van der Waals surface area contributed by atoms with E-state index in [1.807, 2.05) is 0 Å². The predicted molar refractivity (Wildman–Crippen MR) is 41.2 cm³/mol. The zero-order valence-electron chi connectivity index (χ0n) is 6.41. The minimum absolute atomic E-state index is 0.317. The van der Waals surface area contributed by atoms with Crippen LogP contribution in [-0.4, -0.2) is 32.7 Å². The molecule has 0 fully saturated rings. The Hall–Kier alpha value is -0.850. The minimum atomic E-state index is 0.317. The molecule has 0 atom stereocenters. The summed E-state index contributed by atoms with van der Waals surface area (Å²) < 4.78 is 9.91. The van der Waals surface area contributed by atoms with E-state index in [0.717, 1.165) is 6.29 Å². The Labute approximate surface area is 66.7 Å². The third kappa shape index (κ3) is 9.15. The molecule has 0 aromatic heterocycles. The Balaban J connectivity index is 2.80. The maximum absolute atomic E-state index is 9.80. The highest BCUT2D eigenvalue weighted by Crippen LogP contribution is 1.79. The first-order valence-electron chi connectivity index (χ1n) is 3.44. The number of hydrogen-bond donors (Lipinski definition) is 0. The summed E-state index contributed by atoms with van der Waals surface area (Å²) in [6.07, 6.45) is 6.19. The van der Waals surface area contributed by atoms with Crippen LogP contribution >= 0.6 is 0 Å². The summed E-state index contributed by atoms with van der Waals surface area (Å²) in [6, 6.07) is 0. The molecule has 0 saturated carbocycles. The van der Waals surface area contributed by atoms with Crippen LogP contribution in [0.4, 0.5) is 0 Å². The number of rotatable bonds is 7. The molecule has 0 amide bonds. The summed E-state index contributed by atoms with van der Waals surface area (Å²) in [4.78, 5) is 9.80. The van der Waals surface area contributed by atoms with Crippen molar-refractivity contribution >= 4 is 6.29 Å². The fourth-order valence-corrected chi connectivity index (χ4v) is 0.482. The Kier molecular flexibility index (Phi) is 8.44. The molecule has 0 saturated heterocycles. The normalized spacial score (nSPS) is 9.00. The highest BCUT2D eigenvalue weighted by atomic mass is 16.5. The molecule has 3 nitrogen and oxygen atoms in total. The van der Waals surface area contributed by atoms with Crippen molar-refractivity contribution in [3.63, 3.8) is 0 Å². The van der Waals surface area contributed by atoms with Crippen molar-refractivity contribution in [3.8, 4) is 12.3 Å². The van der Waals surface area contributed by atoms with Gasteiger partial charge in [0, 0.05) is 6.42 Å². The van der Waals surface area contributed by atoms with Gasteiger partial charge in [-0.15, -0.1) is 6.42 Å². The molecule has 0 rings (SSSR count). The van der Waals surface area contributed by atoms with E-state index in [1.165, 1.54) is 0 Å². The lowest BCUT2D eigenvalue weighted by atomic mass is 10.5. The number of carbonyl (C=O) groups excluding carboxylic acids is 1. The average molecular weight is 156 g/mol. The lowest BCUT2D eigenvalue weighted by Crippen LogP contribution is -2.05. The van der Waals surface area contributed by atoms with Gasteiger partial charge in [-0.1, -0.05) is 5.92 Å². The Morgan fingerprint density at radius 3 is 2.64 bits per heavy atom. The van der Waals surface area contributed by atoms with Crippen LogP contribution in [0.2, 0.25) is 0 Å². The van der Waals surface area contributed by atoms with Crippen LogP contribution in [0.3, 0.4) is 0 Å². The highest BCUT2D eigenvalue weighted by molar-refractivity contribution is 5.49. The van der Waals surface area contributed by atoms with Crippen LogP contribution in [0.25, 0.3) is 0 Å². The summed E-state index contributed by atoms with van der Waals surface area (Å²) >= 11 is 0. The molecule has 0 heterocycles. The van der Waals surface area contributed by atoms with Crippen molar-refractivity contribution in [2.45, 2.75) is 6.42 Å². The van der Waals surface area contributed by atoms with Gasteiger partial charge < -0.3 is 14.3 Å². The maximum atomic E-state index is 9.80. The first-order chi connectivity index (χ1) is 5.41. The zero-order chi connectivity index (χ0) is 8.36. The van der Waals surface area contributed by atoms with Crippen molar-refractivity contribution in [3.05, 3.63) is 0 Å². The lowest BCUT2D eigenvalue weighted by molar-refractivity contribution is -0.108. The molecule has 0 aliphatic heterocycles. The Bertz CT molecular complexity index is 126. The van der Waals surface area contributed by atoms with Crippen molar-refractivity contribution in [1.82, 2.24) is 0 Å². The molecule has 3 heteroatoms. The predicted octanol–water partition coefficient (Wildman–Crippen LogP) is 0.242. The third-order valence-electron chi connectivity index (χ3n) is 0.937. The average Bonchev–Trinajstić information content (AvgIpc) is 2.03. The van der Waals surface area contributed by atoms with Crippen LogP contribution in [0.1, 0.15) is 6.42 Å². The van der Waals surface area contributed by atoms with Gasteiger partial charge in [0.1, 0.15) is 12.9 Å². The minimum Gasteiger partial charge on any atom is -0.379 e. The van der Waals surface area contributed by atoms with Gasteiger partial charge in [-0.3, -0.25) is 0 Å². The standard InChI is InChI=1S/C8H12O3/c1-2-5-10-7-8-11-6-3-4-9/h1,4H,3,5-8H2. The van der Waals surface area contributed by atoms with E-state index in [1.54, 1.807) is 0 Å². The van der Waals surface area contributed by atoms with Crippen LogP contribution < -0.4 is 0 Å². The van der Waals surface area contributed by atoms with Gasteiger partial charge in [0.15, 0.2) is 0 Å². The smallest absolute Gasteiger partial charge is 0.122 e. The topological polar surface area (TPSA) is 35.5 Å². The van der Waals surface area contributed by atoms with E-state index >= 15 is 0 Å². The molecule has 0 unspecified atom stereocenters. The number of carbonyl (C=O) groups is 1. The van der Waals surface area contributed by atoms with E-state index in [0.29, 0.717) is 32.8 Å². The summed E-state index contributed by atoms with van der Waals surface area (Å²) in [5, 5.41) is 0. The van der Waals surface area contributed by atoms with E-state index < -0.39 is 0 Å². The number of hydrogen-bond acceptors (Lipinski definition) is 3. The molecule has 62 valence electrons. The molecule has 0 aromatic rings. The van der Waals surface area contributed by atoms with Gasteiger partial charge in [0.05, 0.1) is 19.8 Å². The van der Waals surface area contributed by atoms with E-state index in [4.69, 9.17) is 15.9 Å². The first-order valence-corrected chi connectivity index (χ1v) is 3.44. The number of ether oxygens (including phenoxy) is 2. The van der Waals surface area contributed by atoms with Gasteiger partial charge in [-0.2, -0.15) is 0 Å².